The van der Waals surface area contributed by atoms with Crippen molar-refractivity contribution in [2.75, 3.05) is 5.73 Å². The molecule has 0 aromatic carbocycles. The molecular formula is C9H7ClN4S. The fourth-order valence-electron chi connectivity index (χ4n) is 0.968. The van der Waals surface area contributed by atoms with Gasteiger partial charge in [-0.25, -0.2) is 9.97 Å². The van der Waals surface area contributed by atoms with E-state index in [0.29, 0.717) is 15.7 Å². The van der Waals surface area contributed by atoms with Crippen LogP contribution in [-0.4, -0.2) is 15.0 Å². The minimum Gasteiger partial charge on any atom is -0.397 e. The van der Waals surface area contributed by atoms with Gasteiger partial charge < -0.3 is 5.73 Å². The Morgan fingerprint density at radius 1 is 1.27 bits per heavy atom. The van der Waals surface area contributed by atoms with Crippen LogP contribution in [0.1, 0.15) is 0 Å². The van der Waals surface area contributed by atoms with Gasteiger partial charge in [0.25, 0.3) is 0 Å². The lowest BCUT2D eigenvalue weighted by Crippen LogP contribution is -1.90. The second-order valence-corrected chi connectivity index (χ2v) is 4.13. The molecule has 2 aromatic rings. The van der Waals surface area contributed by atoms with Gasteiger partial charge in [0.15, 0.2) is 0 Å². The van der Waals surface area contributed by atoms with E-state index < -0.39 is 0 Å². The monoisotopic (exact) mass is 238 g/mol. The number of nitrogens with zero attached hydrogens (tertiary/aromatic N) is 3. The first-order valence-electron chi connectivity index (χ1n) is 4.10. The van der Waals surface area contributed by atoms with Crippen LogP contribution < -0.4 is 5.73 Å². The molecule has 0 amide bonds. The zero-order valence-electron chi connectivity index (χ0n) is 7.59. The summed E-state index contributed by atoms with van der Waals surface area (Å²) in [4.78, 5) is 12.7. The molecule has 0 radical (unpaired) electrons. The van der Waals surface area contributed by atoms with Crippen LogP contribution in [0, 0.1) is 0 Å². The minimum atomic E-state index is 0.513. The first kappa shape index (κ1) is 10.2. The molecule has 2 aromatic heterocycles. The van der Waals surface area contributed by atoms with Crippen LogP contribution in [0.5, 0.6) is 0 Å². The molecular weight excluding hydrogens is 232 g/mol. The molecule has 0 aliphatic rings. The van der Waals surface area contributed by atoms with Crippen LogP contribution >= 0.6 is 23.4 Å². The van der Waals surface area contributed by atoms with Gasteiger partial charge in [0.05, 0.1) is 23.1 Å². The third-order valence-corrected chi connectivity index (χ3v) is 3.15. The van der Waals surface area contributed by atoms with E-state index >= 15 is 0 Å². The zero-order chi connectivity index (χ0) is 10.7. The highest BCUT2D eigenvalue weighted by Gasteiger charge is 2.06. The van der Waals surface area contributed by atoms with E-state index in [-0.39, 0.29) is 0 Å². The number of rotatable bonds is 2. The average molecular weight is 239 g/mol. The van der Waals surface area contributed by atoms with Gasteiger partial charge in [-0.15, -0.1) is 0 Å². The predicted octanol–water partition coefficient (Wildman–Crippen LogP) is 2.26. The van der Waals surface area contributed by atoms with Crippen molar-refractivity contribution in [3.63, 3.8) is 0 Å². The van der Waals surface area contributed by atoms with E-state index in [2.05, 4.69) is 15.0 Å². The van der Waals surface area contributed by atoms with Crippen LogP contribution in [0.4, 0.5) is 5.69 Å². The van der Waals surface area contributed by atoms with Crippen molar-refractivity contribution in [1.82, 2.24) is 15.0 Å². The molecule has 0 atom stereocenters. The van der Waals surface area contributed by atoms with E-state index in [0.717, 1.165) is 4.90 Å². The van der Waals surface area contributed by atoms with E-state index in [4.69, 9.17) is 17.3 Å². The molecule has 0 aliphatic carbocycles. The highest BCUT2D eigenvalue weighted by molar-refractivity contribution is 7.99. The van der Waals surface area contributed by atoms with Crippen molar-refractivity contribution >= 4 is 29.1 Å². The molecule has 2 heterocycles. The number of hydrogen-bond donors (Lipinski definition) is 1. The van der Waals surface area contributed by atoms with Crippen molar-refractivity contribution in [2.24, 2.45) is 0 Å². The van der Waals surface area contributed by atoms with Crippen LogP contribution in [0.3, 0.4) is 0 Å². The van der Waals surface area contributed by atoms with Crippen molar-refractivity contribution in [1.29, 1.82) is 0 Å². The molecule has 0 saturated carbocycles. The smallest absolute Gasteiger partial charge is 0.123 e. The third kappa shape index (κ3) is 2.37. The molecule has 0 spiro atoms. The predicted molar refractivity (Wildman–Crippen MR) is 59.8 cm³/mol. The van der Waals surface area contributed by atoms with Crippen LogP contribution in [0.2, 0.25) is 5.02 Å². The third-order valence-electron chi connectivity index (χ3n) is 1.65. The molecule has 15 heavy (non-hydrogen) atoms. The molecule has 76 valence electrons. The van der Waals surface area contributed by atoms with Gasteiger partial charge in [0.2, 0.25) is 0 Å². The van der Waals surface area contributed by atoms with E-state index in [9.17, 15) is 0 Å². The number of nitrogen functional groups attached to an aromatic ring is 1. The molecule has 0 bridgehead atoms. The Kier molecular flexibility index (Phi) is 3.03. The summed E-state index contributed by atoms with van der Waals surface area (Å²) in [5.41, 5.74) is 6.36. The molecule has 4 nitrogen and oxygen atoms in total. The Labute approximate surface area is 95.9 Å². The zero-order valence-corrected chi connectivity index (χ0v) is 9.16. The van der Waals surface area contributed by atoms with Crippen LogP contribution in [0.15, 0.2) is 40.9 Å². The van der Waals surface area contributed by atoms with Gasteiger partial charge in [-0.3, -0.25) is 4.98 Å². The minimum absolute atomic E-state index is 0.513. The average Bonchev–Trinajstić information content (AvgIpc) is 2.24. The fraction of sp³-hybridized carbons (Fsp3) is 0. The number of anilines is 1. The first-order chi connectivity index (χ1) is 7.27. The highest BCUT2D eigenvalue weighted by Crippen LogP contribution is 2.33. The van der Waals surface area contributed by atoms with E-state index in [1.165, 1.54) is 18.1 Å². The second-order valence-electron chi connectivity index (χ2n) is 2.69. The molecule has 6 heteroatoms. The van der Waals surface area contributed by atoms with Gasteiger partial charge >= 0.3 is 0 Å². The Hall–Kier alpha value is -1.33. The lowest BCUT2D eigenvalue weighted by atomic mass is 10.4. The van der Waals surface area contributed by atoms with Crippen LogP contribution in [0.25, 0.3) is 0 Å². The van der Waals surface area contributed by atoms with Gasteiger partial charge in [0.1, 0.15) is 11.4 Å². The number of pyridine rings is 1. The summed E-state index contributed by atoms with van der Waals surface area (Å²) in [5, 5.41) is 1.20. The number of aromatic nitrogens is 3. The SMILES string of the molecule is Nc1cnccc1Sc1ncncc1Cl. The first-order valence-corrected chi connectivity index (χ1v) is 5.29. The number of hydrogen-bond acceptors (Lipinski definition) is 5. The van der Waals surface area contributed by atoms with Crippen molar-refractivity contribution in [3.05, 3.63) is 36.0 Å². The Bertz CT molecular complexity index is 434. The van der Waals surface area contributed by atoms with E-state index in [1.54, 1.807) is 18.6 Å². The summed E-state index contributed by atoms with van der Waals surface area (Å²) in [6.45, 7) is 0. The van der Waals surface area contributed by atoms with Gasteiger partial charge in [-0.05, 0) is 6.07 Å². The lowest BCUT2D eigenvalue weighted by Gasteiger charge is -2.04. The number of nitrogens with two attached hydrogens (primary N) is 1. The Morgan fingerprint density at radius 2 is 2.13 bits per heavy atom. The maximum atomic E-state index is 5.92. The Balaban J connectivity index is 2.30. The fourth-order valence-corrected chi connectivity index (χ4v) is 1.95. The molecule has 2 N–H and O–H groups in total. The lowest BCUT2D eigenvalue weighted by molar-refractivity contribution is 1.05. The maximum absolute atomic E-state index is 5.92. The maximum Gasteiger partial charge on any atom is 0.123 e. The normalized spacial score (nSPS) is 10.2. The van der Waals surface area contributed by atoms with Gasteiger partial charge in [-0.1, -0.05) is 23.4 Å². The molecule has 2 rings (SSSR count). The standard InChI is InChI=1S/C9H7ClN4S/c10-6-3-13-5-14-9(6)15-8-1-2-12-4-7(8)11/h1-5H,11H2. The summed E-state index contributed by atoms with van der Waals surface area (Å²) < 4.78 is 0. The van der Waals surface area contributed by atoms with E-state index in [1.807, 2.05) is 6.07 Å². The quantitative estimate of drug-likeness (QED) is 0.813. The van der Waals surface area contributed by atoms with Crippen molar-refractivity contribution in [2.45, 2.75) is 9.92 Å². The second kappa shape index (κ2) is 4.46. The molecule has 0 aliphatic heterocycles. The van der Waals surface area contributed by atoms with Crippen LogP contribution in [-0.2, 0) is 0 Å². The summed E-state index contributed by atoms with van der Waals surface area (Å²) >= 11 is 7.32. The highest BCUT2D eigenvalue weighted by atomic mass is 35.5. The molecule has 0 fully saturated rings. The largest absolute Gasteiger partial charge is 0.397 e. The summed E-state index contributed by atoms with van der Waals surface area (Å²) in [6.07, 6.45) is 6.27. The molecule has 0 saturated heterocycles. The van der Waals surface area contributed by atoms with Gasteiger partial charge in [0, 0.05) is 11.1 Å². The molecule has 0 unspecified atom stereocenters. The topological polar surface area (TPSA) is 64.7 Å². The summed E-state index contributed by atoms with van der Waals surface area (Å²) in [6, 6.07) is 1.82. The van der Waals surface area contributed by atoms with Crippen molar-refractivity contribution in [3.8, 4) is 0 Å². The van der Waals surface area contributed by atoms with Gasteiger partial charge in [-0.2, -0.15) is 0 Å². The Morgan fingerprint density at radius 3 is 2.87 bits per heavy atom. The summed E-state index contributed by atoms with van der Waals surface area (Å²) in [7, 11) is 0. The van der Waals surface area contributed by atoms with Crippen molar-refractivity contribution < 1.29 is 0 Å². The summed E-state index contributed by atoms with van der Waals surface area (Å²) in [5.74, 6) is 0. The number of halogens is 1.